The smallest absolute Gasteiger partial charge is 0.330 e. The summed E-state index contributed by atoms with van der Waals surface area (Å²) in [6, 6.07) is 13.9. The Morgan fingerprint density at radius 1 is 0.867 bits per heavy atom. The Kier molecular flexibility index (Phi) is 6.01. The maximum Gasteiger partial charge on any atom is 0.330 e. The summed E-state index contributed by atoms with van der Waals surface area (Å²) in [5.74, 6) is -2.71. The van der Waals surface area contributed by atoms with Crippen LogP contribution in [0.5, 0.6) is 0 Å². The van der Waals surface area contributed by atoms with Crippen molar-refractivity contribution < 1.29 is 23.9 Å². The maximum absolute atomic E-state index is 13.2. The summed E-state index contributed by atoms with van der Waals surface area (Å²) in [5.41, 5.74) is 1.02. The Morgan fingerprint density at radius 3 is 1.83 bits per heavy atom. The van der Waals surface area contributed by atoms with E-state index in [9.17, 15) is 19.2 Å². The second kappa shape index (κ2) is 8.49. The van der Waals surface area contributed by atoms with E-state index in [1.54, 1.807) is 82.5 Å². The van der Waals surface area contributed by atoms with E-state index in [0.717, 1.165) is 4.90 Å². The quantitative estimate of drug-likeness (QED) is 0.542. The van der Waals surface area contributed by atoms with Crippen LogP contribution in [0, 0.1) is 5.92 Å². The molecule has 0 unspecified atom stereocenters. The molecule has 1 aliphatic heterocycles. The average molecular weight is 408 g/mol. The zero-order valence-electron chi connectivity index (χ0n) is 17.4. The number of carbonyl (C=O) groups excluding carboxylic acids is 4. The van der Waals surface area contributed by atoms with Crippen LogP contribution in [0.2, 0.25) is 0 Å². The Bertz CT molecular complexity index is 949. The molecule has 0 saturated heterocycles. The van der Waals surface area contributed by atoms with Gasteiger partial charge in [-0.1, -0.05) is 56.3 Å². The SMILES string of the molecule is CC(C)[C@@H](C(=O)O[C@@H](C(=O)N(C)C)c1ccccc1)N1C(=O)c2ccccc2C1=O. The summed E-state index contributed by atoms with van der Waals surface area (Å²) in [4.78, 5) is 53.9. The second-order valence-corrected chi connectivity index (χ2v) is 7.68. The fourth-order valence-electron chi connectivity index (χ4n) is 3.45. The molecule has 0 fully saturated rings. The van der Waals surface area contributed by atoms with Gasteiger partial charge in [0.15, 0.2) is 0 Å². The van der Waals surface area contributed by atoms with Gasteiger partial charge in [-0.25, -0.2) is 4.79 Å². The van der Waals surface area contributed by atoms with Crippen LogP contribution in [0.25, 0.3) is 0 Å². The van der Waals surface area contributed by atoms with Crippen molar-refractivity contribution in [1.82, 2.24) is 9.80 Å². The number of likely N-dealkylation sites (N-methyl/N-ethyl adjacent to an activating group) is 1. The molecule has 156 valence electrons. The van der Waals surface area contributed by atoms with Crippen LogP contribution in [0.1, 0.15) is 46.2 Å². The molecule has 0 aromatic heterocycles. The average Bonchev–Trinajstić information content (AvgIpc) is 2.97. The largest absolute Gasteiger partial charge is 0.446 e. The maximum atomic E-state index is 13.2. The molecule has 3 amide bonds. The number of benzene rings is 2. The molecule has 7 heteroatoms. The predicted molar refractivity (Wildman–Crippen MR) is 110 cm³/mol. The first-order valence-electron chi connectivity index (χ1n) is 9.67. The highest BCUT2D eigenvalue weighted by Gasteiger charge is 2.45. The summed E-state index contributed by atoms with van der Waals surface area (Å²) in [7, 11) is 3.13. The van der Waals surface area contributed by atoms with Gasteiger partial charge in [0, 0.05) is 19.7 Å². The zero-order valence-corrected chi connectivity index (χ0v) is 17.4. The number of amides is 3. The molecule has 1 aliphatic rings. The molecule has 7 nitrogen and oxygen atoms in total. The van der Waals surface area contributed by atoms with E-state index in [0.29, 0.717) is 5.56 Å². The molecule has 0 spiro atoms. The van der Waals surface area contributed by atoms with Crippen molar-refractivity contribution in [1.29, 1.82) is 0 Å². The topological polar surface area (TPSA) is 84.0 Å². The van der Waals surface area contributed by atoms with Gasteiger partial charge in [0.25, 0.3) is 17.7 Å². The Balaban J connectivity index is 1.93. The molecule has 0 aliphatic carbocycles. The third-order valence-electron chi connectivity index (χ3n) is 4.98. The molecule has 0 saturated carbocycles. The highest BCUT2D eigenvalue weighted by molar-refractivity contribution is 6.22. The summed E-state index contributed by atoms with van der Waals surface area (Å²) in [6.07, 6.45) is -1.18. The third kappa shape index (κ3) is 3.83. The van der Waals surface area contributed by atoms with E-state index in [2.05, 4.69) is 0 Å². The minimum Gasteiger partial charge on any atom is -0.446 e. The van der Waals surface area contributed by atoms with E-state index in [1.165, 1.54) is 4.90 Å². The van der Waals surface area contributed by atoms with Gasteiger partial charge in [0.2, 0.25) is 6.10 Å². The predicted octanol–water partition coefficient (Wildman–Crippen LogP) is 2.68. The van der Waals surface area contributed by atoms with Crippen LogP contribution in [0.3, 0.4) is 0 Å². The molecule has 2 atom stereocenters. The fourth-order valence-corrected chi connectivity index (χ4v) is 3.45. The normalized spacial score (nSPS) is 15.0. The third-order valence-corrected chi connectivity index (χ3v) is 4.98. The Morgan fingerprint density at radius 2 is 1.37 bits per heavy atom. The van der Waals surface area contributed by atoms with Crippen LogP contribution < -0.4 is 0 Å². The van der Waals surface area contributed by atoms with Gasteiger partial charge in [-0.3, -0.25) is 19.3 Å². The number of carbonyl (C=O) groups is 4. The first-order chi connectivity index (χ1) is 14.2. The summed E-state index contributed by atoms with van der Waals surface area (Å²) in [5, 5.41) is 0. The molecule has 0 bridgehead atoms. The summed E-state index contributed by atoms with van der Waals surface area (Å²) in [6.45, 7) is 3.45. The van der Waals surface area contributed by atoms with Gasteiger partial charge in [-0.15, -0.1) is 0 Å². The lowest BCUT2D eigenvalue weighted by Gasteiger charge is -2.30. The number of rotatable bonds is 6. The number of hydrogen-bond donors (Lipinski definition) is 0. The van der Waals surface area contributed by atoms with Crippen molar-refractivity contribution in [2.75, 3.05) is 14.1 Å². The van der Waals surface area contributed by atoms with E-state index >= 15 is 0 Å². The molecule has 2 aromatic carbocycles. The lowest BCUT2D eigenvalue weighted by Crippen LogP contribution is -2.49. The van der Waals surface area contributed by atoms with Gasteiger partial charge >= 0.3 is 5.97 Å². The summed E-state index contributed by atoms with van der Waals surface area (Å²) < 4.78 is 5.61. The van der Waals surface area contributed by atoms with E-state index in [1.807, 2.05) is 0 Å². The van der Waals surface area contributed by atoms with Crippen LogP contribution in [0.4, 0.5) is 0 Å². The van der Waals surface area contributed by atoms with Crippen LogP contribution in [0.15, 0.2) is 54.6 Å². The van der Waals surface area contributed by atoms with Crippen LogP contribution in [-0.4, -0.2) is 53.6 Å². The van der Waals surface area contributed by atoms with E-state index in [4.69, 9.17) is 4.74 Å². The van der Waals surface area contributed by atoms with Gasteiger partial charge < -0.3 is 9.64 Å². The second-order valence-electron chi connectivity index (χ2n) is 7.68. The van der Waals surface area contributed by atoms with Gasteiger partial charge in [0.05, 0.1) is 11.1 Å². The monoisotopic (exact) mass is 408 g/mol. The number of imide groups is 1. The number of nitrogens with zero attached hydrogens (tertiary/aromatic N) is 2. The number of fused-ring (bicyclic) bond motifs is 1. The molecule has 3 rings (SSSR count). The Labute approximate surface area is 175 Å². The zero-order chi connectivity index (χ0) is 22.0. The minimum absolute atomic E-state index is 0.255. The number of hydrogen-bond acceptors (Lipinski definition) is 5. The highest BCUT2D eigenvalue weighted by atomic mass is 16.6. The molecule has 0 N–H and O–H groups in total. The number of ether oxygens (including phenoxy) is 1. The molecular formula is C23H24N2O5. The van der Waals surface area contributed by atoms with Gasteiger partial charge in [0.1, 0.15) is 6.04 Å². The van der Waals surface area contributed by atoms with E-state index < -0.39 is 41.8 Å². The standard InChI is InChI=1S/C23H24N2O5/c1-14(2)18(25-20(26)16-12-8-9-13-17(16)21(25)27)23(29)30-19(22(28)24(3)4)15-10-6-5-7-11-15/h5-14,18-19H,1-4H3/t18-,19+/m0/s1. The molecule has 0 radical (unpaired) electrons. The van der Waals surface area contributed by atoms with Crippen molar-refractivity contribution >= 4 is 23.7 Å². The van der Waals surface area contributed by atoms with Crippen molar-refractivity contribution in [3.05, 3.63) is 71.3 Å². The first kappa shape index (κ1) is 21.2. The molecular weight excluding hydrogens is 384 g/mol. The van der Waals surface area contributed by atoms with Gasteiger partial charge in [-0.05, 0) is 18.1 Å². The lowest BCUT2D eigenvalue weighted by molar-refractivity contribution is -0.164. The number of esters is 1. The summed E-state index contributed by atoms with van der Waals surface area (Å²) >= 11 is 0. The fraction of sp³-hybridized carbons (Fsp3) is 0.304. The van der Waals surface area contributed by atoms with Crippen molar-refractivity contribution in [2.24, 2.45) is 5.92 Å². The van der Waals surface area contributed by atoms with Gasteiger partial charge in [-0.2, -0.15) is 0 Å². The van der Waals surface area contributed by atoms with Crippen LogP contribution in [-0.2, 0) is 14.3 Å². The van der Waals surface area contributed by atoms with Crippen LogP contribution >= 0.6 is 0 Å². The highest BCUT2D eigenvalue weighted by Crippen LogP contribution is 2.29. The van der Waals surface area contributed by atoms with E-state index in [-0.39, 0.29) is 11.1 Å². The lowest BCUT2D eigenvalue weighted by atomic mass is 10.0. The Hall–Kier alpha value is -3.48. The van der Waals surface area contributed by atoms with Crippen molar-refractivity contribution in [2.45, 2.75) is 26.0 Å². The first-order valence-corrected chi connectivity index (χ1v) is 9.67. The molecule has 30 heavy (non-hydrogen) atoms. The van der Waals surface area contributed by atoms with Crippen molar-refractivity contribution in [3.63, 3.8) is 0 Å². The molecule has 1 heterocycles. The minimum atomic E-state index is -1.18. The molecule has 2 aromatic rings. The van der Waals surface area contributed by atoms with Crippen molar-refractivity contribution in [3.8, 4) is 0 Å².